The summed E-state index contributed by atoms with van der Waals surface area (Å²) in [5, 5.41) is 4.66. The SMILES string of the molecule is CCNC(=NCCc1c[nH]c2ccccc12)N1CCC(C(=O)OCC)CC1.I. The van der Waals surface area contributed by atoms with Gasteiger partial charge in [-0.05, 0) is 44.7 Å². The minimum Gasteiger partial charge on any atom is -0.466 e. The molecular weight excluding hydrogens is 467 g/mol. The van der Waals surface area contributed by atoms with Crippen LogP contribution in [0.3, 0.4) is 0 Å². The number of carbonyl (C=O) groups is 1. The highest BCUT2D eigenvalue weighted by molar-refractivity contribution is 14.0. The van der Waals surface area contributed by atoms with Gasteiger partial charge in [-0.2, -0.15) is 0 Å². The fourth-order valence-corrected chi connectivity index (χ4v) is 3.63. The third kappa shape index (κ3) is 5.62. The first-order valence-electron chi connectivity index (χ1n) is 9.97. The third-order valence-electron chi connectivity index (χ3n) is 5.07. The summed E-state index contributed by atoms with van der Waals surface area (Å²) in [7, 11) is 0. The number of nitrogens with one attached hydrogen (secondary N) is 2. The molecule has 0 atom stereocenters. The lowest BCUT2D eigenvalue weighted by atomic mass is 9.97. The van der Waals surface area contributed by atoms with Gasteiger partial charge in [-0.15, -0.1) is 24.0 Å². The standard InChI is InChI=1S/C21H30N4O2.HI/c1-3-22-21(25-13-10-16(11-14-25)20(26)27-4-2)23-12-9-17-15-24-19-8-6-5-7-18(17)19;/h5-8,15-16,24H,3-4,9-14H2,1-2H3,(H,22,23);1H. The minimum absolute atomic E-state index is 0. The topological polar surface area (TPSA) is 69.7 Å². The lowest BCUT2D eigenvalue weighted by molar-refractivity contribution is -0.149. The molecule has 0 saturated carbocycles. The second-order valence-electron chi connectivity index (χ2n) is 6.86. The number of H-pyrrole nitrogens is 1. The molecule has 0 radical (unpaired) electrons. The minimum atomic E-state index is -0.0570. The van der Waals surface area contributed by atoms with Crippen LogP contribution in [0.2, 0.25) is 0 Å². The van der Waals surface area contributed by atoms with E-state index in [1.807, 2.05) is 13.0 Å². The van der Waals surface area contributed by atoms with Gasteiger partial charge in [0.15, 0.2) is 5.96 Å². The number of aromatic amines is 1. The van der Waals surface area contributed by atoms with Crippen LogP contribution in [0.15, 0.2) is 35.5 Å². The number of halogens is 1. The van der Waals surface area contributed by atoms with Crippen LogP contribution in [0, 0.1) is 5.92 Å². The predicted octanol–water partition coefficient (Wildman–Crippen LogP) is 3.57. The van der Waals surface area contributed by atoms with Gasteiger partial charge in [-0.3, -0.25) is 9.79 Å². The predicted molar refractivity (Wildman–Crippen MR) is 124 cm³/mol. The third-order valence-corrected chi connectivity index (χ3v) is 5.07. The van der Waals surface area contributed by atoms with Gasteiger partial charge in [0.25, 0.3) is 0 Å². The molecule has 1 saturated heterocycles. The van der Waals surface area contributed by atoms with Gasteiger partial charge in [0, 0.05) is 43.3 Å². The van der Waals surface area contributed by atoms with Crippen molar-refractivity contribution in [2.24, 2.45) is 10.9 Å². The Balaban J connectivity index is 0.00000280. The molecule has 0 bridgehead atoms. The number of ether oxygens (including phenoxy) is 1. The summed E-state index contributed by atoms with van der Waals surface area (Å²) in [6, 6.07) is 8.36. The highest BCUT2D eigenvalue weighted by atomic mass is 127. The highest BCUT2D eigenvalue weighted by Gasteiger charge is 2.27. The summed E-state index contributed by atoms with van der Waals surface area (Å²) in [5.41, 5.74) is 2.47. The molecule has 1 aliphatic heterocycles. The lowest BCUT2D eigenvalue weighted by Crippen LogP contribution is -2.46. The molecular formula is C21H31IN4O2. The van der Waals surface area contributed by atoms with Crippen molar-refractivity contribution >= 4 is 46.8 Å². The van der Waals surface area contributed by atoms with E-state index in [1.54, 1.807) is 0 Å². The van der Waals surface area contributed by atoms with Gasteiger partial charge < -0.3 is 19.9 Å². The highest BCUT2D eigenvalue weighted by Crippen LogP contribution is 2.20. The van der Waals surface area contributed by atoms with E-state index in [-0.39, 0.29) is 35.9 Å². The summed E-state index contributed by atoms with van der Waals surface area (Å²) in [4.78, 5) is 22.3. The lowest BCUT2D eigenvalue weighted by Gasteiger charge is -2.33. The second kappa shape index (κ2) is 11.3. The number of esters is 1. The molecule has 2 aromatic rings. The van der Waals surface area contributed by atoms with Gasteiger partial charge in [0.2, 0.25) is 0 Å². The normalized spacial score (nSPS) is 15.4. The number of rotatable bonds is 6. The number of hydrogen-bond donors (Lipinski definition) is 2. The Bertz CT molecular complexity index is 782. The van der Waals surface area contributed by atoms with Gasteiger partial charge in [0.1, 0.15) is 0 Å². The zero-order valence-electron chi connectivity index (χ0n) is 16.7. The van der Waals surface area contributed by atoms with Crippen LogP contribution in [0.1, 0.15) is 32.3 Å². The monoisotopic (exact) mass is 498 g/mol. The first-order chi connectivity index (χ1) is 13.2. The molecule has 28 heavy (non-hydrogen) atoms. The molecule has 1 fully saturated rings. The van der Waals surface area contributed by atoms with Crippen LogP contribution in [0.5, 0.6) is 0 Å². The van der Waals surface area contributed by atoms with Crippen molar-refractivity contribution in [3.63, 3.8) is 0 Å². The molecule has 154 valence electrons. The van der Waals surface area contributed by atoms with Crippen molar-refractivity contribution < 1.29 is 9.53 Å². The summed E-state index contributed by atoms with van der Waals surface area (Å²) in [5.74, 6) is 0.911. The van der Waals surface area contributed by atoms with Crippen molar-refractivity contribution in [2.75, 3.05) is 32.8 Å². The average Bonchev–Trinajstić information content (AvgIpc) is 3.11. The fraction of sp³-hybridized carbons (Fsp3) is 0.524. The molecule has 3 rings (SSSR count). The van der Waals surface area contributed by atoms with Crippen LogP contribution >= 0.6 is 24.0 Å². The summed E-state index contributed by atoms with van der Waals surface area (Å²) in [6.45, 7) is 7.64. The van der Waals surface area contributed by atoms with Gasteiger partial charge >= 0.3 is 5.97 Å². The van der Waals surface area contributed by atoms with Crippen LogP contribution < -0.4 is 5.32 Å². The molecule has 1 aromatic carbocycles. The zero-order valence-corrected chi connectivity index (χ0v) is 19.1. The Kier molecular flexibility index (Phi) is 9.08. The van der Waals surface area contributed by atoms with Crippen LogP contribution in [0.4, 0.5) is 0 Å². The first kappa shape index (κ1) is 22.5. The summed E-state index contributed by atoms with van der Waals surface area (Å²) >= 11 is 0. The number of piperidine rings is 1. The maximum Gasteiger partial charge on any atom is 0.309 e. The number of aromatic nitrogens is 1. The van der Waals surface area contributed by atoms with E-state index in [0.29, 0.717) is 6.61 Å². The number of likely N-dealkylation sites (tertiary alicyclic amines) is 1. The maximum atomic E-state index is 11.9. The molecule has 0 unspecified atom stereocenters. The second-order valence-corrected chi connectivity index (χ2v) is 6.86. The quantitative estimate of drug-likeness (QED) is 0.277. The van der Waals surface area contributed by atoms with Crippen molar-refractivity contribution in [3.8, 4) is 0 Å². The van der Waals surface area contributed by atoms with Gasteiger partial charge in [-0.25, -0.2) is 0 Å². The molecule has 7 heteroatoms. The molecule has 0 spiro atoms. The fourth-order valence-electron chi connectivity index (χ4n) is 3.63. The van der Waals surface area contributed by atoms with Gasteiger partial charge in [0.05, 0.1) is 12.5 Å². The van der Waals surface area contributed by atoms with E-state index in [0.717, 1.165) is 51.4 Å². The number of guanidine groups is 1. The van der Waals surface area contributed by atoms with Crippen LogP contribution in [0.25, 0.3) is 10.9 Å². The van der Waals surface area contributed by atoms with E-state index >= 15 is 0 Å². The Morgan fingerprint density at radius 2 is 2.04 bits per heavy atom. The van der Waals surface area contributed by atoms with Crippen molar-refractivity contribution in [1.29, 1.82) is 0 Å². The number of hydrogen-bond acceptors (Lipinski definition) is 3. The number of benzene rings is 1. The summed E-state index contributed by atoms with van der Waals surface area (Å²) < 4.78 is 5.16. The maximum absolute atomic E-state index is 11.9. The largest absolute Gasteiger partial charge is 0.466 e. The number of para-hydroxylation sites is 1. The number of nitrogens with zero attached hydrogens (tertiary/aromatic N) is 2. The molecule has 2 N–H and O–H groups in total. The van der Waals surface area contributed by atoms with E-state index < -0.39 is 0 Å². The molecule has 2 heterocycles. The molecule has 0 amide bonds. The van der Waals surface area contributed by atoms with Crippen molar-refractivity contribution in [2.45, 2.75) is 33.1 Å². The van der Waals surface area contributed by atoms with E-state index in [4.69, 9.17) is 9.73 Å². The number of aliphatic imine (C=N–C) groups is 1. The summed E-state index contributed by atoms with van der Waals surface area (Å²) in [6.07, 6.45) is 4.63. The van der Waals surface area contributed by atoms with E-state index in [1.165, 1.54) is 16.5 Å². The average molecular weight is 498 g/mol. The van der Waals surface area contributed by atoms with Crippen molar-refractivity contribution in [1.82, 2.24) is 15.2 Å². The smallest absolute Gasteiger partial charge is 0.309 e. The Morgan fingerprint density at radius 1 is 1.29 bits per heavy atom. The van der Waals surface area contributed by atoms with Crippen molar-refractivity contribution in [3.05, 3.63) is 36.0 Å². The molecule has 1 aliphatic rings. The Morgan fingerprint density at radius 3 is 2.75 bits per heavy atom. The Labute approximate surface area is 184 Å². The molecule has 0 aliphatic carbocycles. The van der Waals surface area contributed by atoms with E-state index in [9.17, 15) is 4.79 Å². The first-order valence-corrected chi connectivity index (χ1v) is 9.97. The van der Waals surface area contributed by atoms with Crippen LogP contribution in [-0.4, -0.2) is 54.6 Å². The van der Waals surface area contributed by atoms with E-state index in [2.05, 4.69) is 46.5 Å². The number of fused-ring (bicyclic) bond motifs is 1. The zero-order chi connectivity index (χ0) is 19.1. The van der Waals surface area contributed by atoms with Gasteiger partial charge in [-0.1, -0.05) is 18.2 Å². The Hall–Kier alpha value is -1.77. The molecule has 1 aromatic heterocycles. The number of carbonyl (C=O) groups excluding carboxylic acids is 1. The molecule has 6 nitrogen and oxygen atoms in total. The van der Waals surface area contributed by atoms with Crippen LogP contribution in [-0.2, 0) is 16.0 Å².